The minimum absolute atomic E-state index is 0.267. The maximum atomic E-state index is 12.9. The number of hydrogen-bond donors (Lipinski definition) is 1. The van der Waals surface area contributed by atoms with Crippen LogP contribution >= 0.6 is 0 Å². The lowest BCUT2D eigenvalue weighted by molar-refractivity contribution is -0.137. The van der Waals surface area contributed by atoms with E-state index in [0.717, 1.165) is 40.6 Å². The number of carbonyl (C=O) groups is 1. The summed E-state index contributed by atoms with van der Waals surface area (Å²) >= 11 is 0. The third kappa shape index (κ3) is 5.82. The van der Waals surface area contributed by atoms with Crippen molar-refractivity contribution in [1.29, 1.82) is 0 Å². The summed E-state index contributed by atoms with van der Waals surface area (Å²) in [6, 6.07) is 7.50. The Bertz CT molecular complexity index is 1080. The van der Waals surface area contributed by atoms with Crippen molar-refractivity contribution < 1.29 is 26.4 Å². The molecule has 0 aliphatic rings. The molecule has 1 N–H and O–H groups in total. The lowest BCUT2D eigenvalue weighted by atomic mass is 10.00. The minimum Gasteiger partial charge on any atom is -0.271 e. The molecule has 0 radical (unpaired) electrons. The maximum absolute atomic E-state index is 12.9. The van der Waals surface area contributed by atoms with Crippen LogP contribution in [-0.2, 0) is 21.0 Å². The molecule has 0 spiro atoms. The van der Waals surface area contributed by atoms with E-state index in [-0.39, 0.29) is 5.69 Å². The van der Waals surface area contributed by atoms with E-state index >= 15 is 0 Å². The van der Waals surface area contributed by atoms with Crippen LogP contribution in [0.25, 0.3) is 0 Å². The number of anilines is 1. The molecule has 30 heavy (non-hydrogen) atoms. The van der Waals surface area contributed by atoms with Crippen LogP contribution in [0.15, 0.2) is 41.5 Å². The van der Waals surface area contributed by atoms with Crippen molar-refractivity contribution in [2.75, 3.05) is 17.1 Å². The fraction of sp³-hybridized carbons (Fsp3) is 0.300. The zero-order valence-electron chi connectivity index (χ0n) is 16.9. The summed E-state index contributed by atoms with van der Waals surface area (Å²) in [7, 11) is -4.02. The summed E-state index contributed by atoms with van der Waals surface area (Å²) in [6.07, 6.45) is -2.41. The number of amides is 1. The van der Waals surface area contributed by atoms with Crippen LogP contribution in [0, 0.1) is 20.8 Å². The average molecular weight is 441 g/mol. The largest absolute Gasteiger partial charge is 0.416 e. The van der Waals surface area contributed by atoms with E-state index in [1.165, 1.54) is 12.3 Å². The molecule has 0 saturated heterocycles. The Morgan fingerprint density at radius 1 is 1.13 bits per heavy atom. The van der Waals surface area contributed by atoms with Crippen molar-refractivity contribution in [3.05, 3.63) is 64.2 Å². The van der Waals surface area contributed by atoms with Crippen molar-refractivity contribution in [2.24, 2.45) is 5.10 Å². The van der Waals surface area contributed by atoms with Gasteiger partial charge in [0.2, 0.25) is 10.0 Å². The fourth-order valence-electron chi connectivity index (χ4n) is 2.69. The second-order valence-electron chi connectivity index (χ2n) is 6.83. The average Bonchev–Trinajstić information content (AvgIpc) is 2.64. The Kier molecular flexibility index (Phi) is 6.91. The van der Waals surface area contributed by atoms with Gasteiger partial charge in [0.1, 0.15) is 6.54 Å². The van der Waals surface area contributed by atoms with E-state index < -0.39 is 34.2 Å². The lowest BCUT2D eigenvalue weighted by Gasteiger charge is -2.22. The highest BCUT2D eigenvalue weighted by Crippen LogP contribution is 2.32. The van der Waals surface area contributed by atoms with E-state index in [2.05, 4.69) is 10.5 Å². The van der Waals surface area contributed by atoms with Gasteiger partial charge in [-0.1, -0.05) is 18.2 Å². The molecule has 0 unspecified atom stereocenters. The molecule has 2 aromatic rings. The van der Waals surface area contributed by atoms with Gasteiger partial charge in [-0.05, 0) is 61.2 Å². The Morgan fingerprint density at radius 3 is 2.40 bits per heavy atom. The summed E-state index contributed by atoms with van der Waals surface area (Å²) < 4.78 is 63.5. The van der Waals surface area contributed by atoms with E-state index in [1.54, 1.807) is 0 Å². The van der Waals surface area contributed by atoms with Gasteiger partial charge in [-0.3, -0.25) is 9.10 Å². The first kappa shape index (κ1) is 23.4. The van der Waals surface area contributed by atoms with Gasteiger partial charge in [0.05, 0.1) is 23.7 Å². The molecule has 0 bridgehead atoms. The van der Waals surface area contributed by atoms with Crippen molar-refractivity contribution in [1.82, 2.24) is 5.43 Å². The standard InChI is InChI=1S/C20H22F3N3O3S/c1-13-8-9-16(15(3)14(13)2)11-24-25-19(27)12-26(30(4,28)29)18-7-5-6-17(10-18)20(21,22)23/h5-11H,12H2,1-4H3,(H,25,27)/b24-11-. The molecule has 0 heterocycles. The second-order valence-corrected chi connectivity index (χ2v) is 8.74. The van der Waals surface area contributed by atoms with Crippen molar-refractivity contribution in [3.8, 4) is 0 Å². The maximum Gasteiger partial charge on any atom is 0.416 e. The molecule has 0 fully saturated rings. The Labute approximate surface area is 173 Å². The number of aryl methyl sites for hydroxylation is 1. The predicted octanol–water partition coefficient (Wildman–Crippen LogP) is 3.55. The fourth-order valence-corrected chi connectivity index (χ4v) is 3.54. The number of nitrogens with one attached hydrogen (secondary N) is 1. The van der Waals surface area contributed by atoms with Crippen LogP contribution in [0.3, 0.4) is 0 Å². The summed E-state index contributed by atoms with van der Waals surface area (Å²) in [6.45, 7) is 5.12. The minimum atomic E-state index is -4.64. The van der Waals surface area contributed by atoms with Crippen LogP contribution in [-0.4, -0.2) is 33.3 Å². The summed E-state index contributed by atoms with van der Waals surface area (Å²) in [5.41, 5.74) is 4.88. The van der Waals surface area contributed by atoms with Gasteiger partial charge in [0.25, 0.3) is 5.91 Å². The Balaban J connectivity index is 2.19. The molecular formula is C20H22F3N3O3S. The van der Waals surface area contributed by atoms with Crippen LogP contribution in [0.1, 0.15) is 27.8 Å². The van der Waals surface area contributed by atoms with Gasteiger partial charge >= 0.3 is 6.18 Å². The Morgan fingerprint density at radius 2 is 1.80 bits per heavy atom. The number of alkyl halides is 3. The predicted molar refractivity (Wildman–Crippen MR) is 110 cm³/mol. The van der Waals surface area contributed by atoms with Crippen molar-refractivity contribution >= 4 is 27.8 Å². The lowest BCUT2D eigenvalue weighted by Crippen LogP contribution is -2.39. The monoisotopic (exact) mass is 441 g/mol. The van der Waals surface area contributed by atoms with Crippen molar-refractivity contribution in [2.45, 2.75) is 26.9 Å². The smallest absolute Gasteiger partial charge is 0.271 e. The molecule has 10 heteroatoms. The molecule has 0 aromatic heterocycles. The third-order valence-corrected chi connectivity index (χ3v) is 5.78. The van der Waals surface area contributed by atoms with E-state index in [4.69, 9.17) is 0 Å². The van der Waals surface area contributed by atoms with Gasteiger partial charge in [0.15, 0.2) is 0 Å². The highest BCUT2D eigenvalue weighted by molar-refractivity contribution is 7.92. The first-order valence-corrected chi connectivity index (χ1v) is 10.7. The summed E-state index contributed by atoms with van der Waals surface area (Å²) in [5.74, 6) is -0.796. The van der Waals surface area contributed by atoms with Crippen LogP contribution < -0.4 is 9.73 Å². The first-order valence-electron chi connectivity index (χ1n) is 8.84. The van der Waals surface area contributed by atoms with Gasteiger partial charge in [0, 0.05) is 0 Å². The number of hydrazone groups is 1. The molecule has 2 aromatic carbocycles. The third-order valence-electron chi connectivity index (χ3n) is 4.64. The first-order chi connectivity index (χ1) is 13.8. The van der Waals surface area contributed by atoms with Crippen LogP contribution in [0.5, 0.6) is 0 Å². The number of rotatable bonds is 6. The van der Waals surface area contributed by atoms with E-state index in [9.17, 15) is 26.4 Å². The molecule has 0 aliphatic heterocycles. The number of hydrogen-bond acceptors (Lipinski definition) is 4. The number of nitrogens with zero attached hydrogens (tertiary/aromatic N) is 2. The highest BCUT2D eigenvalue weighted by Gasteiger charge is 2.32. The number of carbonyl (C=O) groups excluding carboxylic acids is 1. The Hall–Kier alpha value is -2.88. The molecule has 0 saturated carbocycles. The molecule has 2 rings (SSSR count). The molecule has 0 aliphatic carbocycles. The summed E-state index contributed by atoms with van der Waals surface area (Å²) in [5, 5.41) is 3.83. The van der Waals surface area contributed by atoms with Crippen molar-refractivity contribution in [3.63, 3.8) is 0 Å². The molecule has 0 atom stereocenters. The molecule has 6 nitrogen and oxygen atoms in total. The second kappa shape index (κ2) is 8.86. The summed E-state index contributed by atoms with van der Waals surface area (Å²) in [4.78, 5) is 12.2. The van der Waals surface area contributed by atoms with Gasteiger partial charge in [-0.15, -0.1) is 0 Å². The van der Waals surface area contributed by atoms with Gasteiger partial charge in [-0.25, -0.2) is 13.8 Å². The molecule has 1 amide bonds. The van der Waals surface area contributed by atoms with Gasteiger partial charge in [-0.2, -0.15) is 18.3 Å². The zero-order valence-corrected chi connectivity index (χ0v) is 17.7. The zero-order chi connectivity index (χ0) is 22.7. The molecule has 162 valence electrons. The quantitative estimate of drug-likeness (QED) is 0.550. The van der Waals surface area contributed by atoms with E-state index in [1.807, 2.05) is 32.9 Å². The van der Waals surface area contributed by atoms with Gasteiger partial charge < -0.3 is 0 Å². The highest BCUT2D eigenvalue weighted by atomic mass is 32.2. The SMILES string of the molecule is Cc1ccc(/C=N\NC(=O)CN(c2cccc(C(F)(F)F)c2)S(C)(=O)=O)c(C)c1C. The normalized spacial score (nSPS) is 12.2. The molecular weight excluding hydrogens is 419 g/mol. The number of sulfonamides is 1. The van der Waals surface area contributed by atoms with E-state index in [0.29, 0.717) is 10.4 Å². The van der Waals surface area contributed by atoms with Crippen LogP contribution in [0.4, 0.5) is 18.9 Å². The van der Waals surface area contributed by atoms with Crippen LogP contribution in [0.2, 0.25) is 0 Å². The topological polar surface area (TPSA) is 78.8 Å². The number of halogens is 3. The number of benzene rings is 2.